The number of nitrogens with zero attached hydrogens (tertiary/aromatic N) is 2. The highest BCUT2D eigenvalue weighted by Gasteiger charge is 2.22. The minimum Gasteiger partial charge on any atom is -0.319 e. The molecular weight excluding hydrogens is 301 g/mol. The van der Waals surface area contributed by atoms with E-state index in [0.29, 0.717) is 5.92 Å². The van der Waals surface area contributed by atoms with Crippen LogP contribution >= 0.6 is 24.0 Å². The van der Waals surface area contributed by atoms with Gasteiger partial charge in [-0.05, 0) is 44.1 Å². The average molecular weight is 320 g/mol. The molecule has 0 amide bonds. The highest BCUT2D eigenvalue weighted by atomic mass is 35.5. The first-order chi connectivity index (χ1) is 9.10. The van der Waals surface area contributed by atoms with E-state index in [1.807, 2.05) is 7.05 Å². The van der Waals surface area contributed by atoms with Gasteiger partial charge in [0.05, 0.1) is 4.92 Å². The lowest BCUT2D eigenvalue weighted by molar-refractivity contribution is -0.384. The van der Waals surface area contributed by atoms with Crippen LogP contribution in [0.3, 0.4) is 0 Å². The second kappa shape index (κ2) is 7.78. The van der Waals surface area contributed by atoms with Gasteiger partial charge in [0.25, 0.3) is 5.69 Å². The molecule has 0 bridgehead atoms. The molecule has 0 saturated carbocycles. The van der Waals surface area contributed by atoms with Crippen LogP contribution in [0.15, 0.2) is 18.2 Å². The van der Waals surface area contributed by atoms with E-state index in [1.54, 1.807) is 12.1 Å². The predicted molar refractivity (Wildman–Crippen MR) is 82.7 cm³/mol. The van der Waals surface area contributed by atoms with Gasteiger partial charge in [-0.2, -0.15) is 0 Å². The lowest BCUT2D eigenvalue weighted by atomic mass is 10.1. The molecule has 7 heteroatoms. The molecule has 1 N–H and O–H groups in total. The molecule has 5 nitrogen and oxygen atoms in total. The lowest BCUT2D eigenvalue weighted by Crippen LogP contribution is -2.24. The molecule has 1 heterocycles. The third kappa shape index (κ3) is 4.31. The number of nitrogens with one attached hydrogen (secondary N) is 1. The average Bonchev–Trinajstić information content (AvgIpc) is 2.76. The Morgan fingerprint density at radius 3 is 2.90 bits per heavy atom. The Balaban J connectivity index is 0.00000200. The van der Waals surface area contributed by atoms with Crippen LogP contribution < -0.4 is 5.32 Å². The Hall–Kier alpha value is -0.880. The first-order valence-electron chi connectivity index (χ1n) is 6.40. The van der Waals surface area contributed by atoms with Crippen molar-refractivity contribution in [2.24, 2.45) is 5.92 Å². The molecule has 1 saturated heterocycles. The number of likely N-dealkylation sites (tertiary alicyclic amines) is 1. The Kier molecular flexibility index (Phi) is 6.68. The van der Waals surface area contributed by atoms with Crippen LogP contribution in [0.5, 0.6) is 0 Å². The number of rotatable bonds is 5. The van der Waals surface area contributed by atoms with Crippen molar-refractivity contribution in [3.05, 3.63) is 38.9 Å². The number of nitro benzene ring substituents is 1. The number of halogens is 2. The van der Waals surface area contributed by atoms with Crippen molar-refractivity contribution in [1.82, 2.24) is 10.2 Å². The van der Waals surface area contributed by atoms with Crippen LogP contribution in [0.2, 0.25) is 5.02 Å². The normalized spacial score (nSPS) is 18.8. The Labute approximate surface area is 129 Å². The summed E-state index contributed by atoms with van der Waals surface area (Å²) in [6, 6.07) is 4.97. The zero-order chi connectivity index (χ0) is 13.8. The summed E-state index contributed by atoms with van der Waals surface area (Å²) < 4.78 is 0. The number of nitro groups is 1. The van der Waals surface area contributed by atoms with E-state index in [0.717, 1.165) is 31.7 Å². The summed E-state index contributed by atoms with van der Waals surface area (Å²) in [5.74, 6) is 0.693. The maximum atomic E-state index is 10.7. The second-order valence-corrected chi connectivity index (χ2v) is 5.40. The Morgan fingerprint density at radius 2 is 2.30 bits per heavy atom. The molecule has 2 rings (SSSR count). The molecule has 1 aromatic rings. The van der Waals surface area contributed by atoms with Crippen molar-refractivity contribution in [3.63, 3.8) is 0 Å². The molecule has 0 radical (unpaired) electrons. The molecule has 1 aromatic carbocycles. The largest absolute Gasteiger partial charge is 0.319 e. The molecule has 1 fully saturated rings. The number of hydrogen-bond donors (Lipinski definition) is 1. The standard InChI is InChI=1S/C13H18ClN3O2.ClH/c1-15-7-11-4-5-16(9-11)8-10-2-3-13(17(18)19)12(14)6-10;/h2-3,6,11,15H,4-5,7-9H2,1H3;1H. The molecule has 0 aromatic heterocycles. The van der Waals surface area contributed by atoms with Crippen LogP contribution in [0.25, 0.3) is 0 Å². The maximum absolute atomic E-state index is 10.7. The zero-order valence-electron chi connectivity index (χ0n) is 11.3. The summed E-state index contributed by atoms with van der Waals surface area (Å²) in [4.78, 5) is 12.6. The summed E-state index contributed by atoms with van der Waals surface area (Å²) in [6.07, 6.45) is 1.20. The van der Waals surface area contributed by atoms with Gasteiger partial charge in [0.2, 0.25) is 0 Å². The van der Waals surface area contributed by atoms with Crippen molar-refractivity contribution < 1.29 is 4.92 Å². The zero-order valence-corrected chi connectivity index (χ0v) is 12.9. The third-order valence-electron chi connectivity index (χ3n) is 3.48. The molecule has 112 valence electrons. The summed E-state index contributed by atoms with van der Waals surface area (Å²) in [7, 11) is 1.97. The fourth-order valence-corrected chi connectivity index (χ4v) is 2.84. The quantitative estimate of drug-likeness (QED) is 0.669. The molecule has 1 aliphatic heterocycles. The third-order valence-corrected chi connectivity index (χ3v) is 3.78. The van der Waals surface area contributed by atoms with Gasteiger partial charge in [-0.25, -0.2) is 0 Å². The fourth-order valence-electron chi connectivity index (χ4n) is 2.57. The highest BCUT2D eigenvalue weighted by Crippen LogP contribution is 2.26. The molecule has 1 unspecified atom stereocenters. The first-order valence-corrected chi connectivity index (χ1v) is 6.77. The molecule has 1 aliphatic rings. The fraction of sp³-hybridized carbons (Fsp3) is 0.538. The second-order valence-electron chi connectivity index (χ2n) is 4.99. The van der Waals surface area contributed by atoms with E-state index in [4.69, 9.17) is 11.6 Å². The predicted octanol–water partition coefficient (Wildman–Crippen LogP) is 2.71. The van der Waals surface area contributed by atoms with Crippen LogP contribution in [0.1, 0.15) is 12.0 Å². The summed E-state index contributed by atoms with van der Waals surface area (Å²) >= 11 is 5.92. The smallest absolute Gasteiger partial charge is 0.287 e. The van der Waals surface area contributed by atoms with Gasteiger partial charge in [0, 0.05) is 19.2 Å². The van der Waals surface area contributed by atoms with Crippen LogP contribution in [0.4, 0.5) is 5.69 Å². The maximum Gasteiger partial charge on any atom is 0.287 e. The highest BCUT2D eigenvalue weighted by molar-refractivity contribution is 6.32. The molecule has 0 aliphatic carbocycles. The molecule has 1 atom stereocenters. The summed E-state index contributed by atoms with van der Waals surface area (Å²) in [6.45, 7) is 3.98. The van der Waals surface area contributed by atoms with Gasteiger partial charge in [-0.15, -0.1) is 12.4 Å². The minimum atomic E-state index is -0.453. The van der Waals surface area contributed by atoms with Crippen LogP contribution in [-0.4, -0.2) is 36.5 Å². The monoisotopic (exact) mass is 319 g/mol. The topological polar surface area (TPSA) is 58.4 Å². The Bertz CT molecular complexity index is 471. The van der Waals surface area contributed by atoms with Gasteiger partial charge >= 0.3 is 0 Å². The summed E-state index contributed by atoms with van der Waals surface area (Å²) in [5.41, 5.74) is 1.00. The van der Waals surface area contributed by atoms with Crippen molar-refractivity contribution >= 4 is 29.7 Å². The molecule has 20 heavy (non-hydrogen) atoms. The van der Waals surface area contributed by atoms with Crippen molar-refractivity contribution in [2.45, 2.75) is 13.0 Å². The van der Waals surface area contributed by atoms with E-state index in [1.165, 1.54) is 12.5 Å². The van der Waals surface area contributed by atoms with E-state index in [-0.39, 0.29) is 23.1 Å². The van der Waals surface area contributed by atoms with Gasteiger partial charge in [0.15, 0.2) is 0 Å². The van der Waals surface area contributed by atoms with Gasteiger partial charge in [0.1, 0.15) is 5.02 Å². The van der Waals surface area contributed by atoms with Gasteiger partial charge in [-0.3, -0.25) is 15.0 Å². The van der Waals surface area contributed by atoms with Gasteiger partial charge in [-0.1, -0.05) is 17.7 Å². The Morgan fingerprint density at radius 1 is 1.55 bits per heavy atom. The summed E-state index contributed by atoms with van der Waals surface area (Å²) in [5, 5.41) is 14.1. The lowest BCUT2D eigenvalue weighted by Gasteiger charge is -2.16. The minimum absolute atomic E-state index is 0. The van der Waals surface area contributed by atoms with E-state index in [2.05, 4.69) is 10.2 Å². The molecule has 0 spiro atoms. The van der Waals surface area contributed by atoms with E-state index < -0.39 is 4.92 Å². The first kappa shape index (κ1) is 17.2. The molecular formula is C13H19Cl2N3O2. The van der Waals surface area contributed by atoms with Crippen molar-refractivity contribution in [2.75, 3.05) is 26.7 Å². The number of benzene rings is 1. The van der Waals surface area contributed by atoms with E-state index >= 15 is 0 Å². The number of hydrogen-bond acceptors (Lipinski definition) is 4. The van der Waals surface area contributed by atoms with Crippen molar-refractivity contribution in [3.8, 4) is 0 Å². The SMILES string of the molecule is CNCC1CCN(Cc2ccc([N+](=O)[O-])c(Cl)c2)C1.Cl. The van der Waals surface area contributed by atoms with Crippen LogP contribution in [0, 0.1) is 16.0 Å². The van der Waals surface area contributed by atoms with Crippen LogP contribution in [-0.2, 0) is 6.54 Å². The van der Waals surface area contributed by atoms with Crippen molar-refractivity contribution in [1.29, 1.82) is 0 Å². The van der Waals surface area contributed by atoms with E-state index in [9.17, 15) is 10.1 Å². The van der Waals surface area contributed by atoms with Gasteiger partial charge < -0.3 is 5.32 Å².